The van der Waals surface area contributed by atoms with Crippen LogP contribution in [0, 0.1) is 0 Å². The number of rotatable bonds is 5. The van der Waals surface area contributed by atoms with Gasteiger partial charge in [-0.05, 0) is 12.1 Å². The first-order chi connectivity index (χ1) is 9.22. The van der Waals surface area contributed by atoms with Crippen molar-refractivity contribution < 1.29 is 19.1 Å². The number of piperazine rings is 1. The summed E-state index contributed by atoms with van der Waals surface area (Å²) >= 11 is 0. The molecule has 1 aliphatic heterocycles. The molecule has 106 valence electrons. The molecule has 1 fully saturated rings. The summed E-state index contributed by atoms with van der Waals surface area (Å²) in [4.78, 5) is 15.8. The molecule has 1 saturated heterocycles. The van der Waals surface area contributed by atoms with Crippen molar-refractivity contribution in [3.63, 3.8) is 0 Å². The van der Waals surface area contributed by atoms with Crippen LogP contribution >= 0.6 is 0 Å². The number of carbonyl (C=O) groups excluding carboxylic acids is 1. The maximum atomic E-state index is 11.3. The molecular formula is C13H20N2O4. The summed E-state index contributed by atoms with van der Waals surface area (Å²) in [5.41, 5.74) is 0. The Morgan fingerprint density at radius 3 is 2.63 bits per heavy atom. The fraction of sp³-hybridized carbons (Fsp3) is 0.615. The Bertz CT molecular complexity index is 411. The van der Waals surface area contributed by atoms with Gasteiger partial charge in [-0.2, -0.15) is 0 Å². The smallest absolute Gasteiger partial charge is 0.373 e. The van der Waals surface area contributed by atoms with E-state index in [-0.39, 0.29) is 12.4 Å². The molecule has 0 aromatic carbocycles. The number of aliphatic hydroxyl groups excluding tert-OH is 1. The summed E-state index contributed by atoms with van der Waals surface area (Å²) in [6, 6.07) is 3.45. The van der Waals surface area contributed by atoms with Crippen LogP contribution in [0.3, 0.4) is 0 Å². The second-order valence-electron chi connectivity index (χ2n) is 4.60. The Morgan fingerprint density at radius 1 is 1.32 bits per heavy atom. The van der Waals surface area contributed by atoms with Crippen molar-refractivity contribution in [3.8, 4) is 0 Å². The molecule has 2 rings (SSSR count). The number of nitrogens with zero attached hydrogens (tertiary/aromatic N) is 2. The summed E-state index contributed by atoms with van der Waals surface area (Å²) in [7, 11) is 1.34. The van der Waals surface area contributed by atoms with Crippen molar-refractivity contribution in [2.45, 2.75) is 6.54 Å². The molecule has 0 aliphatic carbocycles. The van der Waals surface area contributed by atoms with Gasteiger partial charge in [0.05, 0.1) is 20.3 Å². The van der Waals surface area contributed by atoms with Gasteiger partial charge < -0.3 is 14.3 Å². The highest BCUT2D eigenvalue weighted by Crippen LogP contribution is 2.13. The maximum absolute atomic E-state index is 11.3. The molecule has 6 nitrogen and oxygen atoms in total. The highest BCUT2D eigenvalue weighted by molar-refractivity contribution is 5.86. The molecule has 0 radical (unpaired) electrons. The molecule has 0 spiro atoms. The Labute approximate surface area is 112 Å². The number of carbonyl (C=O) groups is 1. The third-order valence-corrected chi connectivity index (χ3v) is 3.31. The van der Waals surface area contributed by atoms with Crippen molar-refractivity contribution in [3.05, 3.63) is 23.7 Å². The van der Waals surface area contributed by atoms with E-state index in [0.29, 0.717) is 6.54 Å². The number of hydrogen-bond donors (Lipinski definition) is 1. The van der Waals surface area contributed by atoms with Crippen LogP contribution in [0.15, 0.2) is 16.5 Å². The molecule has 1 N–H and O–H groups in total. The molecule has 2 heterocycles. The molecule has 0 unspecified atom stereocenters. The Morgan fingerprint density at radius 2 is 2.00 bits per heavy atom. The van der Waals surface area contributed by atoms with E-state index >= 15 is 0 Å². The number of β-amino-alcohol motifs (C(OH)–C–C–N with tert-alkyl or cyclic N) is 1. The van der Waals surface area contributed by atoms with Crippen molar-refractivity contribution in [2.75, 3.05) is 46.4 Å². The summed E-state index contributed by atoms with van der Waals surface area (Å²) in [6.45, 7) is 5.42. The number of ether oxygens (including phenoxy) is 1. The predicted molar refractivity (Wildman–Crippen MR) is 68.9 cm³/mol. The van der Waals surface area contributed by atoms with Gasteiger partial charge >= 0.3 is 5.97 Å². The number of hydrogen-bond acceptors (Lipinski definition) is 6. The molecule has 6 heteroatoms. The van der Waals surface area contributed by atoms with Crippen LogP contribution in [-0.4, -0.2) is 67.3 Å². The topological polar surface area (TPSA) is 66.2 Å². The fourth-order valence-corrected chi connectivity index (χ4v) is 2.21. The minimum absolute atomic E-state index is 0.209. The summed E-state index contributed by atoms with van der Waals surface area (Å²) in [6.07, 6.45) is 0. The summed E-state index contributed by atoms with van der Waals surface area (Å²) in [5, 5.41) is 8.88. The minimum atomic E-state index is -0.445. The van der Waals surface area contributed by atoms with Crippen LogP contribution in [0.2, 0.25) is 0 Å². The first-order valence-corrected chi connectivity index (χ1v) is 6.45. The number of aliphatic hydroxyl groups is 1. The molecule has 0 bridgehead atoms. The van der Waals surface area contributed by atoms with E-state index in [0.717, 1.165) is 38.5 Å². The van der Waals surface area contributed by atoms with E-state index in [9.17, 15) is 4.79 Å². The van der Waals surface area contributed by atoms with E-state index in [4.69, 9.17) is 9.52 Å². The van der Waals surface area contributed by atoms with Gasteiger partial charge in [0.2, 0.25) is 5.76 Å². The quantitative estimate of drug-likeness (QED) is 0.768. The van der Waals surface area contributed by atoms with Crippen LogP contribution in [-0.2, 0) is 11.3 Å². The largest absolute Gasteiger partial charge is 0.463 e. The molecule has 0 amide bonds. The van der Waals surface area contributed by atoms with Gasteiger partial charge in [-0.15, -0.1) is 0 Å². The normalized spacial score (nSPS) is 17.6. The van der Waals surface area contributed by atoms with Gasteiger partial charge in [0, 0.05) is 32.7 Å². The third kappa shape index (κ3) is 3.79. The van der Waals surface area contributed by atoms with Crippen LogP contribution in [0.1, 0.15) is 16.3 Å². The van der Waals surface area contributed by atoms with Crippen molar-refractivity contribution in [2.24, 2.45) is 0 Å². The third-order valence-electron chi connectivity index (χ3n) is 3.31. The molecule has 1 aliphatic rings. The van der Waals surface area contributed by atoms with Gasteiger partial charge in [-0.1, -0.05) is 0 Å². The lowest BCUT2D eigenvalue weighted by atomic mass is 10.3. The molecule has 1 aromatic heterocycles. The lowest BCUT2D eigenvalue weighted by Gasteiger charge is -2.33. The summed E-state index contributed by atoms with van der Waals surface area (Å²) in [5.74, 6) is 0.575. The van der Waals surface area contributed by atoms with E-state index < -0.39 is 5.97 Å². The highest BCUT2D eigenvalue weighted by Gasteiger charge is 2.18. The molecular weight excluding hydrogens is 248 g/mol. The zero-order valence-electron chi connectivity index (χ0n) is 11.2. The van der Waals surface area contributed by atoms with Crippen LogP contribution in [0.5, 0.6) is 0 Å². The Hall–Kier alpha value is -1.37. The Kier molecular flexibility index (Phi) is 4.95. The fourth-order valence-electron chi connectivity index (χ4n) is 2.21. The molecule has 1 aromatic rings. The zero-order valence-corrected chi connectivity index (χ0v) is 11.2. The van der Waals surface area contributed by atoms with Crippen molar-refractivity contribution in [1.29, 1.82) is 0 Å². The van der Waals surface area contributed by atoms with E-state index in [1.807, 2.05) is 6.07 Å². The lowest BCUT2D eigenvalue weighted by molar-refractivity contribution is 0.0558. The van der Waals surface area contributed by atoms with Gasteiger partial charge in [0.25, 0.3) is 0 Å². The second kappa shape index (κ2) is 6.70. The molecule has 0 atom stereocenters. The van der Waals surface area contributed by atoms with Gasteiger partial charge in [-0.3, -0.25) is 9.80 Å². The summed E-state index contributed by atoms with van der Waals surface area (Å²) < 4.78 is 10.0. The monoisotopic (exact) mass is 268 g/mol. The van der Waals surface area contributed by atoms with Gasteiger partial charge in [-0.25, -0.2) is 4.79 Å². The van der Waals surface area contributed by atoms with E-state index in [2.05, 4.69) is 14.5 Å². The molecule has 0 saturated carbocycles. The predicted octanol–water partition coefficient (Wildman–Crippen LogP) is 0.176. The average Bonchev–Trinajstić information content (AvgIpc) is 2.89. The number of furan rings is 1. The van der Waals surface area contributed by atoms with E-state index in [1.165, 1.54) is 7.11 Å². The van der Waals surface area contributed by atoms with Crippen molar-refractivity contribution in [1.82, 2.24) is 9.80 Å². The van der Waals surface area contributed by atoms with E-state index in [1.54, 1.807) is 6.07 Å². The SMILES string of the molecule is COC(=O)c1ccc(CN2CCN(CCO)CC2)o1. The first kappa shape index (κ1) is 14.0. The maximum Gasteiger partial charge on any atom is 0.373 e. The first-order valence-electron chi connectivity index (χ1n) is 6.45. The lowest BCUT2D eigenvalue weighted by Crippen LogP contribution is -2.46. The molecule has 19 heavy (non-hydrogen) atoms. The van der Waals surface area contributed by atoms with Gasteiger partial charge in [0.15, 0.2) is 0 Å². The second-order valence-corrected chi connectivity index (χ2v) is 4.60. The van der Waals surface area contributed by atoms with Crippen LogP contribution in [0.4, 0.5) is 0 Å². The standard InChI is InChI=1S/C13H20N2O4/c1-18-13(17)12-3-2-11(19-12)10-15-6-4-14(5-7-15)8-9-16/h2-3,16H,4-10H2,1H3. The van der Waals surface area contributed by atoms with Gasteiger partial charge in [0.1, 0.15) is 5.76 Å². The van der Waals surface area contributed by atoms with Crippen LogP contribution in [0.25, 0.3) is 0 Å². The Balaban J connectivity index is 1.82. The van der Waals surface area contributed by atoms with Crippen molar-refractivity contribution >= 4 is 5.97 Å². The average molecular weight is 268 g/mol. The van der Waals surface area contributed by atoms with Crippen LogP contribution < -0.4 is 0 Å². The number of esters is 1. The minimum Gasteiger partial charge on any atom is -0.463 e. The highest BCUT2D eigenvalue weighted by atomic mass is 16.5. The zero-order chi connectivity index (χ0) is 13.7. The number of methoxy groups -OCH3 is 1.